The molecule has 2 aliphatic heterocycles. The minimum absolute atomic E-state index is 0.00175. The summed E-state index contributed by atoms with van der Waals surface area (Å²) in [7, 11) is -1.81. The number of aryl methyl sites for hydroxylation is 1. The molecule has 16 heteroatoms. The Hall–Kier alpha value is -2.91. The first kappa shape index (κ1) is 32.5. The van der Waals surface area contributed by atoms with Gasteiger partial charge < -0.3 is 14.5 Å². The van der Waals surface area contributed by atoms with Gasteiger partial charge in [0.05, 0.1) is 10.9 Å². The van der Waals surface area contributed by atoms with Crippen LogP contribution < -0.4 is 0 Å². The van der Waals surface area contributed by atoms with Crippen molar-refractivity contribution in [2.24, 2.45) is 0 Å². The second-order valence-electron chi connectivity index (χ2n) is 11.1. The van der Waals surface area contributed by atoms with Crippen molar-refractivity contribution in [2.75, 3.05) is 20.7 Å². The molecule has 0 aromatic heterocycles. The fourth-order valence-corrected chi connectivity index (χ4v) is 9.31. The topological polar surface area (TPSA) is 84.0 Å². The summed E-state index contributed by atoms with van der Waals surface area (Å²) in [5.74, 6) is -1.02. The van der Waals surface area contributed by atoms with E-state index in [9.17, 15) is 44.3 Å². The van der Waals surface area contributed by atoms with Crippen LogP contribution in [0.15, 0.2) is 47.4 Å². The second-order valence-corrected chi connectivity index (χ2v) is 13.8. The average molecular weight is 671 g/mol. The number of halogens is 8. The highest BCUT2D eigenvalue weighted by molar-refractivity contribution is 7.92. The monoisotopic (exact) mass is 670 g/mol. The van der Waals surface area contributed by atoms with Gasteiger partial charge in [0.15, 0.2) is 9.84 Å². The molecule has 1 aliphatic carbocycles. The van der Waals surface area contributed by atoms with Crippen LogP contribution in [0.2, 0.25) is 5.02 Å². The van der Waals surface area contributed by atoms with E-state index in [1.807, 2.05) is 0 Å². The quantitative estimate of drug-likeness (QED) is 0.414. The summed E-state index contributed by atoms with van der Waals surface area (Å²) >= 11 is 5.95. The van der Waals surface area contributed by atoms with E-state index in [1.54, 1.807) is 0 Å². The summed E-state index contributed by atoms with van der Waals surface area (Å²) in [4.78, 5) is 28.7. The minimum atomic E-state index is -6.36. The van der Waals surface area contributed by atoms with E-state index in [-0.39, 0.29) is 53.3 Å². The maximum atomic E-state index is 15.0. The molecular formula is C28H26ClF7N2O5S. The average Bonchev–Trinajstić information content (AvgIpc) is 3.49. The molecular weight excluding hydrogens is 645 g/mol. The Morgan fingerprint density at radius 1 is 1.02 bits per heavy atom. The van der Waals surface area contributed by atoms with Crippen molar-refractivity contribution in [1.29, 1.82) is 0 Å². The van der Waals surface area contributed by atoms with Crippen molar-refractivity contribution >= 4 is 33.3 Å². The van der Waals surface area contributed by atoms with E-state index in [0.717, 1.165) is 6.07 Å². The van der Waals surface area contributed by atoms with Crippen molar-refractivity contribution in [2.45, 2.75) is 71.5 Å². The van der Waals surface area contributed by atoms with E-state index in [4.69, 9.17) is 16.3 Å². The first-order chi connectivity index (χ1) is 20.3. The fraction of sp³-hybridized carbons (Fsp3) is 0.500. The van der Waals surface area contributed by atoms with Crippen LogP contribution >= 0.6 is 11.6 Å². The number of sulfone groups is 1. The fourth-order valence-electron chi connectivity index (χ4n) is 6.82. The molecule has 0 spiro atoms. The summed E-state index contributed by atoms with van der Waals surface area (Å²) in [5.41, 5.74) is -7.77. The van der Waals surface area contributed by atoms with Gasteiger partial charge in [-0.3, -0.25) is 9.59 Å². The van der Waals surface area contributed by atoms with Gasteiger partial charge in [0, 0.05) is 37.7 Å². The number of rotatable bonds is 5. The Morgan fingerprint density at radius 2 is 1.64 bits per heavy atom. The van der Waals surface area contributed by atoms with Gasteiger partial charge in [0.2, 0.25) is 5.91 Å². The van der Waals surface area contributed by atoms with Gasteiger partial charge in [-0.25, -0.2) is 12.8 Å². The lowest BCUT2D eigenvalue weighted by atomic mass is 9.76. The molecule has 240 valence electrons. The lowest BCUT2D eigenvalue weighted by molar-refractivity contribution is -0.348. The highest BCUT2D eigenvalue weighted by Crippen LogP contribution is 2.57. The largest absolute Gasteiger partial charge is 0.435 e. The van der Waals surface area contributed by atoms with Crippen molar-refractivity contribution in [3.63, 3.8) is 0 Å². The number of likely N-dealkylation sites (N-methyl/N-ethyl adjacent to an activating group) is 1. The number of alkyl halides is 7. The Kier molecular flexibility index (Phi) is 7.81. The highest BCUT2D eigenvalue weighted by Gasteiger charge is 2.74. The summed E-state index contributed by atoms with van der Waals surface area (Å²) in [5, 5.41) is 0.204. The molecule has 5 rings (SSSR count). The molecule has 3 aliphatic rings. The van der Waals surface area contributed by atoms with Crippen LogP contribution in [0.1, 0.15) is 36.0 Å². The Bertz CT molecular complexity index is 1580. The standard InChI is InChI=1S/C28H26ClF7N2O5S/c1-37-20(14-21(43-2)24(37)40)23(39)38-12-11-25(44(41,42)18-7-5-17(29)6-8-18)19-9-4-16(13-15(19)3-10-22(25)38)26(30,27(31,32)33)28(34,35)36/h4-9,13,20-22H,3,10-12,14H2,1-2H3/t20-,21-,22?,25?/m0/s1. The lowest BCUT2D eigenvalue weighted by Gasteiger charge is -2.43. The first-order valence-corrected chi connectivity index (χ1v) is 15.3. The molecule has 2 unspecified atom stereocenters. The molecule has 2 heterocycles. The zero-order chi connectivity index (χ0) is 32.6. The third kappa shape index (κ3) is 4.51. The SMILES string of the molecule is CO[C@H]1C[C@@H](C(=O)N2CCC3(S(=O)(=O)c4ccc(Cl)cc4)c4ccc(C(F)(C(F)(F)F)C(F)(F)F)cc4CCC23)N(C)C1=O. The van der Waals surface area contributed by atoms with Crippen LogP contribution in [-0.2, 0) is 41.0 Å². The third-order valence-corrected chi connectivity index (χ3v) is 11.8. The Balaban J connectivity index is 1.67. The van der Waals surface area contributed by atoms with Crippen LogP contribution in [0.3, 0.4) is 0 Å². The number of likely N-dealkylation sites (tertiary alicyclic amines) is 2. The van der Waals surface area contributed by atoms with Gasteiger partial charge in [-0.05, 0) is 54.7 Å². The van der Waals surface area contributed by atoms with Gasteiger partial charge in [-0.1, -0.05) is 29.8 Å². The first-order valence-electron chi connectivity index (χ1n) is 13.4. The number of methoxy groups -OCH3 is 1. The molecule has 2 amide bonds. The molecule has 2 fully saturated rings. The van der Waals surface area contributed by atoms with E-state index in [2.05, 4.69) is 0 Å². The van der Waals surface area contributed by atoms with E-state index < -0.39 is 68.2 Å². The molecule has 44 heavy (non-hydrogen) atoms. The predicted molar refractivity (Wildman–Crippen MR) is 142 cm³/mol. The van der Waals surface area contributed by atoms with E-state index in [1.165, 1.54) is 48.2 Å². The number of carbonyl (C=O) groups is 2. The molecule has 0 saturated carbocycles. The van der Waals surface area contributed by atoms with Crippen molar-refractivity contribution in [3.8, 4) is 0 Å². The summed E-state index contributed by atoms with van der Waals surface area (Å²) < 4.78 is 129. The smallest absolute Gasteiger partial charge is 0.372 e. The summed E-state index contributed by atoms with van der Waals surface area (Å²) in [6, 6.07) is 4.44. The van der Waals surface area contributed by atoms with Gasteiger partial charge in [-0.15, -0.1) is 0 Å². The number of ether oxygens (including phenoxy) is 1. The minimum Gasteiger partial charge on any atom is -0.372 e. The third-order valence-electron chi connectivity index (χ3n) is 9.05. The van der Waals surface area contributed by atoms with Gasteiger partial charge in [0.25, 0.3) is 5.91 Å². The van der Waals surface area contributed by atoms with Crippen molar-refractivity contribution in [3.05, 3.63) is 64.2 Å². The summed E-state index contributed by atoms with van der Waals surface area (Å²) in [6.07, 6.45) is -14.3. The number of nitrogens with zero attached hydrogens (tertiary/aromatic N) is 2. The maximum Gasteiger partial charge on any atom is 0.435 e. The molecule has 0 radical (unpaired) electrons. The van der Waals surface area contributed by atoms with Crippen molar-refractivity contribution in [1.82, 2.24) is 9.80 Å². The maximum absolute atomic E-state index is 15.0. The Labute approximate surface area is 252 Å². The molecule has 2 aromatic carbocycles. The molecule has 0 N–H and O–H groups in total. The van der Waals surface area contributed by atoms with Crippen LogP contribution in [0.25, 0.3) is 0 Å². The van der Waals surface area contributed by atoms with Gasteiger partial charge in [-0.2, -0.15) is 26.3 Å². The predicted octanol–water partition coefficient (Wildman–Crippen LogP) is 5.09. The zero-order valence-corrected chi connectivity index (χ0v) is 24.7. The zero-order valence-electron chi connectivity index (χ0n) is 23.2. The van der Waals surface area contributed by atoms with Crippen LogP contribution in [-0.4, -0.2) is 81.3 Å². The molecule has 2 saturated heterocycles. The highest BCUT2D eigenvalue weighted by atomic mass is 35.5. The number of hydrogen-bond donors (Lipinski definition) is 0. The Morgan fingerprint density at radius 3 is 2.18 bits per heavy atom. The molecule has 0 bridgehead atoms. The summed E-state index contributed by atoms with van der Waals surface area (Å²) in [6.45, 7) is -0.147. The van der Waals surface area contributed by atoms with Gasteiger partial charge in [0.1, 0.15) is 16.9 Å². The van der Waals surface area contributed by atoms with E-state index in [0.29, 0.717) is 12.1 Å². The van der Waals surface area contributed by atoms with Crippen LogP contribution in [0, 0.1) is 0 Å². The molecule has 2 aromatic rings. The number of benzene rings is 2. The normalized spacial score (nSPS) is 26.1. The number of carbonyl (C=O) groups excluding carboxylic acids is 2. The van der Waals surface area contributed by atoms with E-state index >= 15 is 4.39 Å². The number of hydrogen-bond acceptors (Lipinski definition) is 5. The number of amides is 2. The van der Waals surface area contributed by atoms with Crippen molar-refractivity contribution < 1.29 is 53.5 Å². The molecule has 7 nitrogen and oxygen atoms in total. The van der Waals surface area contributed by atoms with Crippen LogP contribution in [0.4, 0.5) is 30.7 Å². The van der Waals surface area contributed by atoms with Crippen LogP contribution in [0.5, 0.6) is 0 Å². The van der Waals surface area contributed by atoms with Gasteiger partial charge >= 0.3 is 18.0 Å². The number of fused-ring (bicyclic) bond motifs is 3. The second kappa shape index (κ2) is 10.6. The molecule has 4 atom stereocenters. The lowest BCUT2D eigenvalue weighted by Crippen LogP contribution is -2.55.